The summed E-state index contributed by atoms with van der Waals surface area (Å²) in [5, 5.41) is 13.4. The summed E-state index contributed by atoms with van der Waals surface area (Å²) in [5.41, 5.74) is 4.44. The Bertz CT molecular complexity index is 1170. The van der Waals surface area contributed by atoms with Crippen molar-refractivity contribution in [2.45, 2.75) is 24.4 Å². The van der Waals surface area contributed by atoms with Crippen LogP contribution >= 0.6 is 11.8 Å². The van der Waals surface area contributed by atoms with Crippen molar-refractivity contribution in [2.24, 2.45) is 5.10 Å². The third-order valence-corrected chi connectivity index (χ3v) is 5.75. The van der Waals surface area contributed by atoms with Crippen LogP contribution in [0.4, 0.5) is 0 Å². The lowest BCUT2D eigenvalue weighted by Crippen LogP contribution is -1.99. The molecule has 4 aromatic rings. The molecule has 0 saturated heterocycles. The van der Waals surface area contributed by atoms with E-state index in [-0.39, 0.29) is 0 Å². The van der Waals surface area contributed by atoms with E-state index in [1.54, 1.807) is 36.1 Å². The maximum Gasteiger partial charge on any atom is 0.212 e. The molecule has 0 spiro atoms. The van der Waals surface area contributed by atoms with E-state index >= 15 is 0 Å². The summed E-state index contributed by atoms with van der Waals surface area (Å²) in [5.74, 6) is 2.15. The van der Waals surface area contributed by atoms with Crippen molar-refractivity contribution >= 4 is 18.0 Å². The standard InChI is InChI=1S/C25H24N4O2S/c1-19-8-10-20(11-9-19)16-31-23-13-12-22(14-24(23)30-2)15-27-29-18-26-28-25(29)32-17-21-6-4-3-5-7-21/h3-15,18H,16-17H2,1-2H3/b27-15+. The first-order valence-corrected chi connectivity index (χ1v) is 11.2. The van der Waals surface area contributed by atoms with E-state index in [0.717, 1.165) is 22.0 Å². The fourth-order valence-electron chi connectivity index (χ4n) is 2.97. The predicted octanol–water partition coefficient (Wildman–Crippen LogP) is 5.35. The Labute approximate surface area is 191 Å². The molecule has 162 valence electrons. The van der Waals surface area contributed by atoms with Gasteiger partial charge in [-0.05, 0) is 41.8 Å². The van der Waals surface area contributed by atoms with Crippen LogP contribution < -0.4 is 9.47 Å². The third-order valence-electron chi connectivity index (χ3n) is 4.74. The second-order valence-corrected chi connectivity index (χ2v) is 8.10. The smallest absolute Gasteiger partial charge is 0.212 e. The SMILES string of the molecule is COc1cc(/C=N/n2cnnc2SCc2ccccc2)ccc1OCc1ccc(C)cc1. The second kappa shape index (κ2) is 10.6. The van der Waals surface area contributed by atoms with Gasteiger partial charge in [0.1, 0.15) is 12.9 Å². The Morgan fingerprint density at radius 1 is 0.969 bits per heavy atom. The van der Waals surface area contributed by atoms with Crippen molar-refractivity contribution in [3.05, 3.63) is 101 Å². The van der Waals surface area contributed by atoms with Gasteiger partial charge in [0.2, 0.25) is 5.16 Å². The van der Waals surface area contributed by atoms with Gasteiger partial charge in [-0.25, -0.2) is 0 Å². The molecular weight excluding hydrogens is 420 g/mol. The highest BCUT2D eigenvalue weighted by molar-refractivity contribution is 7.98. The topological polar surface area (TPSA) is 61.5 Å². The number of benzene rings is 3. The lowest BCUT2D eigenvalue weighted by molar-refractivity contribution is 0.284. The molecule has 0 atom stereocenters. The van der Waals surface area contributed by atoms with Gasteiger partial charge in [0.15, 0.2) is 11.5 Å². The van der Waals surface area contributed by atoms with E-state index in [9.17, 15) is 0 Å². The summed E-state index contributed by atoms with van der Waals surface area (Å²) in [7, 11) is 1.63. The molecule has 0 amide bonds. The maximum atomic E-state index is 5.95. The highest BCUT2D eigenvalue weighted by Gasteiger charge is 2.07. The first kappa shape index (κ1) is 21.6. The molecular formula is C25H24N4O2S. The van der Waals surface area contributed by atoms with Crippen molar-refractivity contribution in [1.82, 2.24) is 14.9 Å². The molecule has 0 radical (unpaired) electrons. The first-order chi connectivity index (χ1) is 15.7. The van der Waals surface area contributed by atoms with Crippen LogP contribution in [-0.4, -0.2) is 28.2 Å². The van der Waals surface area contributed by atoms with Crippen LogP contribution in [0.3, 0.4) is 0 Å². The zero-order chi connectivity index (χ0) is 22.2. The van der Waals surface area contributed by atoms with Gasteiger partial charge in [-0.3, -0.25) is 0 Å². The minimum absolute atomic E-state index is 0.479. The molecule has 0 bridgehead atoms. The summed E-state index contributed by atoms with van der Waals surface area (Å²) in [4.78, 5) is 0. The molecule has 7 heteroatoms. The second-order valence-electron chi connectivity index (χ2n) is 7.16. The fraction of sp³-hybridized carbons (Fsp3) is 0.160. The minimum Gasteiger partial charge on any atom is -0.493 e. The van der Waals surface area contributed by atoms with Crippen LogP contribution in [-0.2, 0) is 12.4 Å². The molecule has 0 unspecified atom stereocenters. The molecule has 1 heterocycles. The Balaban J connectivity index is 1.41. The molecule has 0 aliphatic heterocycles. The fourth-order valence-corrected chi connectivity index (χ4v) is 3.79. The average Bonchev–Trinajstić information content (AvgIpc) is 3.29. The predicted molar refractivity (Wildman–Crippen MR) is 128 cm³/mol. The van der Waals surface area contributed by atoms with Gasteiger partial charge in [0.05, 0.1) is 13.3 Å². The first-order valence-electron chi connectivity index (χ1n) is 10.2. The number of aryl methyl sites for hydroxylation is 1. The average molecular weight is 445 g/mol. The van der Waals surface area contributed by atoms with Crippen LogP contribution in [0.2, 0.25) is 0 Å². The van der Waals surface area contributed by atoms with Crippen molar-refractivity contribution in [3.63, 3.8) is 0 Å². The quantitative estimate of drug-likeness (QED) is 0.257. The molecule has 0 aliphatic carbocycles. The lowest BCUT2D eigenvalue weighted by atomic mass is 10.2. The maximum absolute atomic E-state index is 5.95. The molecule has 1 aromatic heterocycles. The van der Waals surface area contributed by atoms with Crippen LogP contribution in [0, 0.1) is 6.92 Å². The van der Waals surface area contributed by atoms with Gasteiger partial charge in [-0.2, -0.15) is 9.78 Å². The van der Waals surface area contributed by atoms with E-state index < -0.39 is 0 Å². The summed E-state index contributed by atoms with van der Waals surface area (Å²) < 4.78 is 13.1. The zero-order valence-corrected chi connectivity index (χ0v) is 18.8. The molecule has 0 aliphatic rings. The van der Waals surface area contributed by atoms with Crippen molar-refractivity contribution in [3.8, 4) is 11.5 Å². The largest absolute Gasteiger partial charge is 0.493 e. The number of methoxy groups -OCH3 is 1. The number of nitrogens with zero attached hydrogens (tertiary/aromatic N) is 4. The minimum atomic E-state index is 0.479. The van der Waals surface area contributed by atoms with Gasteiger partial charge >= 0.3 is 0 Å². The molecule has 4 rings (SSSR count). The van der Waals surface area contributed by atoms with Gasteiger partial charge < -0.3 is 9.47 Å². The number of rotatable bonds is 9. The van der Waals surface area contributed by atoms with Crippen LogP contribution in [0.1, 0.15) is 22.3 Å². The van der Waals surface area contributed by atoms with Gasteiger partial charge in [-0.15, -0.1) is 10.2 Å². The molecule has 32 heavy (non-hydrogen) atoms. The normalized spacial score (nSPS) is 11.1. The number of hydrogen-bond donors (Lipinski definition) is 0. The van der Waals surface area contributed by atoms with Crippen molar-refractivity contribution < 1.29 is 9.47 Å². The lowest BCUT2D eigenvalue weighted by Gasteiger charge is -2.11. The molecule has 6 nitrogen and oxygen atoms in total. The van der Waals surface area contributed by atoms with Crippen molar-refractivity contribution in [2.75, 3.05) is 7.11 Å². The van der Waals surface area contributed by atoms with E-state index in [2.05, 4.69) is 58.6 Å². The molecule has 0 N–H and O–H groups in total. The summed E-state index contributed by atoms with van der Waals surface area (Å²) in [6.45, 7) is 2.55. The Kier molecular flexibility index (Phi) is 7.19. The van der Waals surface area contributed by atoms with Gasteiger partial charge in [0, 0.05) is 5.75 Å². The van der Waals surface area contributed by atoms with Crippen molar-refractivity contribution in [1.29, 1.82) is 0 Å². The molecule has 0 saturated carbocycles. The summed E-state index contributed by atoms with van der Waals surface area (Å²) >= 11 is 1.59. The van der Waals surface area contributed by atoms with Gasteiger partial charge in [-0.1, -0.05) is 71.9 Å². The Hall–Kier alpha value is -3.58. The van der Waals surface area contributed by atoms with E-state index in [1.807, 2.05) is 36.4 Å². The van der Waals surface area contributed by atoms with E-state index in [1.165, 1.54) is 11.1 Å². The summed E-state index contributed by atoms with van der Waals surface area (Å²) in [6, 6.07) is 24.3. The monoisotopic (exact) mass is 444 g/mol. The van der Waals surface area contributed by atoms with Crippen LogP contribution in [0.25, 0.3) is 0 Å². The molecule has 0 fully saturated rings. The molecule has 3 aromatic carbocycles. The number of thioether (sulfide) groups is 1. The number of aromatic nitrogens is 3. The highest BCUT2D eigenvalue weighted by Crippen LogP contribution is 2.28. The number of ether oxygens (including phenoxy) is 2. The van der Waals surface area contributed by atoms with Gasteiger partial charge in [0.25, 0.3) is 0 Å². The third kappa shape index (κ3) is 5.76. The van der Waals surface area contributed by atoms with E-state index in [4.69, 9.17) is 9.47 Å². The summed E-state index contributed by atoms with van der Waals surface area (Å²) in [6.07, 6.45) is 3.35. The van der Waals surface area contributed by atoms with Crippen LogP contribution in [0.5, 0.6) is 11.5 Å². The Morgan fingerprint density at radius 2 is 1.78 bits per heavy atom. The Morgan fingerprint density at radius 3 is 2.56 bits per heavy atom. The van der Waals surface area contributed by atoms with E-state index in [0.29, 0.717) is 18.1 Å². The highest BCUT2D eigenvalue weighted by atomic mass is 32.2. The van der Waals surface area contributed by atoms with Crippen LogP contribution in [0.15, 0.2) is 89.4 Å². The number of hydrogen-bond acceptors (Lipinski definition) is 6. The zero-order valence-electron chi connectivity index (χ0n) is 18.0.